The van der Waals surface area contributed by atoms with Crippen molar-refractivity contribution >= 4 is 32.9 Å². The number of hydrogen-bond donors (Lipinski definition) is 1. The van der Waals surface area contributed by atoms with Crippen molar-refractivity contribution in [2.75, 3.05) is 33.0 Å². The second kappa shape index (κ2) is 8.32. The zero-order valence-electron chi connectivity index (χ0n) is 17.4. The molecule has 2 aliphatic rings. The topological polar surface area (TPSA) is 70.7 Å². The van der Waals surface area contributed by atoms with Gasteiger partial charge < -0.3 is 14.5 Å². The zero-order valence-corrected chi connectivity index (χ0v) is 19.0. The largest absolute Gasteiger partial charge is 0.454 e. The van der Waals surface area contributed by atoms with Crippen molar-refractivity contribution in [1.29, 1.82) is 0 Å². The molecule has 1 fully saturated rings. The van der Waals surface area contributed by atoms with E-state index in [1.165, 1.54) is 5.56 Å². The van der Waals surface area contributed by atoms with Gasteiger partial charge >= 0.3 is 0 Å². The highest BCUT2D eigenvalue weighted by atomic mass is 32.1. The highest BCUT2D eigenvalue weighted by Gasteiger charge is 2.20. The van der Waals surface area contributed by atoms with Crippen LogP contribution < -0.4 is 15.0 Å². The Morgan fingerprint density at radius 2 is 1.81 bits per heavy atom. The first-order valence-electron chi connectivity index (χ1n) is 10.6. The Labute approximate surface area is 192 Å². The Morgan fingerprint density at radius 1 is 1.00 bits per heavy atom. The van der Waals surface area contributed by atoms with Crippen LogP contribution in [-0.2, 0) is 13.1 Å². The van der Waals surface area contributed by atoms with E-state index >= 15 is 0 Å². The average molecular weight is 467 g/mol. The van der Waals surface area contributed by atoms with Gasteiger partial charge in [-0.05, 0) is 29.1 Å². The summed E-state index contributed by atoms with van der Waals surface area (Å²) >= 11 is 3.19. The Balaban J connectivity index is 1.10. The lowest BCUT2D eigenvalue weighted by molar-refractivity contribution is 0.120. The van der Waals surface area contributed by atoms with E-state index in [0.29, 0.717) is 18.7 Å². The molecule has 32 heavy (non-hydrogen) atoms. The fourth-order valence-corrected chi connectivity index (χ4v) is 6.08. The summed E-state index contributed by atoms with van der Waals surface area (Å²) in [4.78, 5) is 27.3. The highest BCUT2D eigenvalue weighted by Crippen LogP contribution is 2.34. The molecule has 3 aromatic heterocycles. The number of ether oxygens (including phenoxy) is 2. The Hall–Kier alpha value is -2.72. The van der Waals surface area contributed by atoms with Gasteiger partial charge in [0.2, 0.25) is 6.79 Å². The van der Waals surface area contributed by atoms with Crippen LogP contribution in [0.5, 0.6) is 11.5 Å². The van der Waals surface area contributed by atoms with Crippen molar-refractivity contribution in [3.8, 4) is 21.9 Å². The molecule has 0 amide bonds. The molecule has 2 aliphatic heterocycles. The second-order valence-electron chi connectivity index (χ2n) is 8.06. The van der Waals surface area contributed by atoms with Crippen molar-refractivity contribution in [1.82, 2.24) is 19.8 Å². The number of aromatic amines is 1. The van der Waals surface area contributed by atoms with E-state index in [1.54, 1.807) is 22.7 Å². The fraction of sp³-hybridized carbons (Fsp3) is 0.304. The lowest BCUT2D eigenvalue weighted by Gasteiger charge is -2.34. The number of hydrogen-bond acceptors (Lipinski definition) is 8. The minimum Gasteiger partial charge on any atom is -0.454 e. The maximum atomic E-state index is 12.8. The molecule has 0 bridgehead atoms. The SMILES string of the molecule is O=c1[nH]c(CN2CCN(Cc3ccc4c(c3)OCO4)CC2)nc2scc(-c3cccs3)c12. The molecule has 7 nitrogen and oxygen atoms in total. The number of nitrogens with one attached hydrogen (secondary N) is 1. The molecule has 4 aromatic rings. The Bertz CT molecular complexity index is 1310. The summed E-state index contributed by atoms with van der Waals surface area (Å²) in [5.41, 5.74) is 2.17. The second-order valence-corrected chi connectivity index (χ2v) is 9.87. The molecular formula is C23H22N4O3S2. The third-order valence-electron chi connectivity index (χ3n) is 5.96. The van der Waals surface area contributed by atoms with Gasteiger partial charge in [-0.25, -0.2) is 4.98 Å². The van der Waals surface area contributed by atoms with Crippen LogP contribution >= 0.6 is 22.7 Å². The number of thiophene rings is 2. The van der Waals surface area contributed by atoms with Crippen molar-refractivity contribution in [2.24, 2.45) is 0 Å². The van der Waals surface area contributed by atoms with Crippen LogP contribution in [0.4, 0.5) is 0 Å². The summed E-state index contributed by atoms with van der Waals surface area (Å²) in [5.74, 6) is 2.40. The Morgan fingerprint density at radius 3 is 2.62 bits per heavy atom. The molecule has 9 heteroatoms. The molecule has 1 saturated heterocycles. The summed E-state index contributed by atoms with van der Waals surface area (Å²) < 4.78 is 10.9. The molecule has 1 aromatic carbocycles. The fourth-order valence-electron chi connectivity index (χ4n) is 4.30. The molecule has 0 aliphatic carbocycles. The number of aromatic nitrogens is 2. The van der Waals surface area contributed by atoms with E-state index in [9.17, 15) is 4.79 Å². The number of nitrogens with zero attached hydrogens (tertiary/aromatic N) is 3. The van der Waals surface area contributed by atoms with Gasteiger partial charge in [0, 0.05) is 48.5 Å². The number of rotatable bonds is 5. The number of piperazine rings is 1. The van der Waals surface area contributed by atoms with E-state index in [2.05, 4.69) is 26.9 Å². The van der Waals surface area contributed by atoms with Crippen molar-refractivity contribution in [3.05, 3.63) is 62.8 Å². The molecule has 0 unspecified atom stereocenters. The van der Waals surface area contributed by atoms with E-state index in [0.717, 1.165) is 65.3 Å². The van der Waals surface area contributed by atoms with Crippen molar-refractivity contribution < 1.29 is 9.47 Å². The summed E-state index contributed by atoms with van der Waals surface area (Å²) in [6.45, 7) is 5.70. The first kappa shape index (κ1) is 19.9. The predicted molar refractivity (Wildman–Crippen MR) is 127 cm³/mol. The van der Waals surface area contributed by atoms with Crippen molar-refractivity contribution in [2.45, 2.75) is 13.1 Å². The summed E-state index contributed by atoms with van der Waals surface area (Å²) in [6, 6.07) is 10.2. The predicted octanol–water partition coefficient (Wildman–Crippen LogP) is 3.76. The quantitative estimate of drug-likeness (QED) is 0.483. The maximum absolute atomic E-state index is 12.8. The summed E-state index contributed by atoms with van der Waals surface area (Å²) in [6.07, 6.45) is 0. The van der Waals surface area contributed by atoms with Crippen molar-refractivity contribution in [3.63, 3.8) is 0 Å². The molecule has 6 rings (SSSR count). The molecule has 164 valence electrons. The van der Waals surface area contributed by atoms with Crippen LogP contribution in [0.25, 0.3) is 20.7 Å². The minimum atomic E-state index is -0.0453. The summed E-state index contributed by atoms with van der Waals surface area (Å²) in [7, 11) is 0. The number of benzene rings is 1. The van der Waals surface area contributed by atoms with Crippen LogP contribution in [-0.4, -0.2) is 52.7 Å². The molecular weight excluding hydrogens is 444 g/mol. The van der Waals surface area contributed by atoms with Gasteiger partial charge in [-0.15, -0.1) is 22.7 Å². The van der Waals surface area contributed by atoms with Crippen LogP contribution in [0.1, 0.15) is 11.4 Å². The third-order valence-corrected chi connectivity index (χ3v) is 7.74. The first-order valence-corrected chi connectivity index (χ1v) is 12.4. The van der Waals surface area contributed by atoms with E-state index in [-0.39, 0.29) is 5.56 Å². The standard InChI is InChI=1S/C23H22N4O3S2/c28-22-21-16(19-2-1-9-31-19)13-32-23(21)25-20(24-22)12-27-7-5-26(6-8-27)11-15-3-4-17-18(10-15)30-14-29-17/h1-4,9-10,13H,5-8,11-12,14H2,(H,24,25,28). The van der Waals surface area contributed by atoms with Crippen LogP contribution in [0.3, 0.4) is 0 Å². The normalized spacial score (nSPS) is 16.8. The molecule has 5 heterocycles. The minimum absolute atomic E-state index is 0.0453. The van der Waals surface area contributed by atoms with Gasteiger partial charge in [0.25, 0.3) is 5.56 Å². The average Bonchev–Trinajstić information content (AvgIpc) is 3.55. The summed E-state index contributed by atoms with van der Waals surface area (Å²) in [5, 5.41) is 4.77. The lowest BCUT2D eigenvalue weighted by atomic mass is 10.1. The molecule has 0 atom stereocenters. The van der Waals surface area contributed by atoms with Crippen LogP contribution in [0, 0.1) is 0 Å². The van der Waals surface area contributed by atoms with Gasteiger partial charge in [0.15, 0.2) is 11.5 Å². The molecule has 0 saturated carbocycles. The maximum Gasteiger partial charge on any atom is 0.260 e. The lowest BCUT2D eigenvalue weighted by Crippen LogP contribution is -2.45. The monoisotopic (exact) mass is 466 g/mol. The highest BCUT2D eigenvalue weighted by molar-refractivity contribution is 7.18. The molecule has 0 radical (unpaired) electrons. The molecule has 1 N–H and O–H groups in total. The van der Waals surface area contributed by atoms with E-state index in [4.69, 9.17) is 14.5 Å². The van der Waals surface area contributed by atoms with E-state index < -0.39 is 0 Å². The van der Waals surface area contributed by atoms with Gasteiger partial charge in [-0.1, -0.05) is 12.1 Å². The zero-order chi connectivity index (χ0) is 21.5. The smallest absolute Gasteiger partial charge is 0.260 e. The van der Waals surface area contributed by atoms with Gasteiger partial charge in [-0.2, -0.15) is 0 Å². The number of H-pyrrole nitrogens is 1. The van der Waals surface area contributed by atoms with Gasteiger partial charge in [-0.3, -0.25) is 14.6 Å². The van der Waals surface area contributed by atoms with Crippen LogP contribution in [0.2, 0.25) is 0 Å². The van der Waals surface area contributed by atoms with Gasteiger partial charge in [0.05, 0.1) is 11.9 Å². The third kappa shape index (κ3) is 3.81. The Kier molecular flexibility index (Phi) is 5.18. The van der Waals surface area contributed by atoms with E-state index in [1.807, 2.05) is 29.0 Å². The number of fused-ring (bicyclic) bond motifs is 2. The van der Waals surface area contributed by atoms with Gasteiger partial charge in [0.1, 0.15) is 10.7 Å². The molecule has 0 spiro atoms. The first-order chi connectivity index (χ1) is 15.7. The van der Waals surface area contributed by atoms with Crippen LogP contribution in [0.15, 0.2) is 45.9 Å².